The summed E-state index contributed by atoms with van der Waals surface area (Å²) in [6.07, 6.45) is 2.07. The smallest absolute Gasteiger partial charge is 0.0462 e. The van der Waals surface area contributed by atoms with Crippen molar-refractivity contribution >= 4 is 20.6 Å². The largest absolute Gasteiger partial charge is 0.308 e. The average molecular weight is 180 g/mol. The second-order valence-electron chi connectivity index (χ2n) is 2.52. The number of nitrogens with one attached hydrogen (secondary N) is 1. The van der Waals surface area contributed by atoms with Crippen LogP contribution in [0.3, 0.4) is 0 Å². The van der Waals surface area contributed by atoms with Gasteiger partial charge in [0.1, 0.15) is 0 Å². The van der Waals surface area contributed by atoms with Crippen LogP contribution in [0.15, 0.2) is 0 Å². The monoisotopic (exact) mass is 180 g/mol. The Morgan fingerprint density at radius 3 is 2.50 bits per heavy atom. The molecule has 1 N–H and O–H groups in total. The molecule has 0 aromatic carbocycles. The molecule has 0 fully saturated rings. The Morgan fingerprint density at radius 1 is 1.50 bits per heavy atom. The predicted molar refractivity (Wildman–Crippen MR) is 52.1 cm³/mol. The second kappa shape index (κ2) is 6.22. The fraction of sp³-hybridized carbons (Fsp3) is 1.00. The van der Waals surface area contributed by atoms with Gasteiger partial charge >= 0.3 is 0 Å². The molecule has 0 aliphatic heterocycles. The Morgan fingerprint density at radius 2 is 2.10 bits per heavy atom. The van der Waals surface area contributed by atoms with E-state index in [1.54, 1.807) is 0 Å². The third kappa shape index (κ3) is 8.49. The van der Waals surface area contributed by atoms with Crippen molar-refractivity contribution in [2.24, 2.45) is 0 Å². The molecule has 4 heteroatoms. The van der Waals surface area contributed by atoms with E-state index in [-0.39, 0.29) is 9.45 Å². The van der Waals surface area contributed by atoms with Crippen molar-refractivity contribution in [1.29, 1.82) is 0 Å². The molecule has 0 aromatic heterocycles. The molecule has 0 bridgehead atoms. The van der Waals surface area contributed by atoms with Gasteiger partial charge in [0, 0.05) is 19.0 Å². The van der Waals surface area contributed by atoms with Gasteiger partial charge in [0.2, 0.25) is 0 Å². The molecular formula is C6H16N2S2. The Hall–Kier alpha value is 0.490. The van der Waals surface area contributed by atoms with Crippen molar-refractivity contribution in [3.63, 3.8) is 0 Å². The van der Waals surface area contributed by atoms with Gasteiger partial charge in [-0.1, -0.05) is 11.2 Å². The minimum atomic E-state index is 0.123. The van der Waals surface area contributed by atoms with E-state index < -0.39 is 0 Å². The van der Waals surface area contributed by atoms with Crippen molar-refractivity contribution in [2.45, 2.75) is 0 Å². The normalized spacial score (nSPS) is 14.0. The lowest BCUT2D eigenvalue weighted by atomic mass is 10.6. The summed E-state index contributed by atoms with van der Waals surface area (Å²) in [5.74, 6) is 0.975. The first-order valence-electron chi connectivity index (χ1n) is 3.28. The lowest BCUT2D eigenvalue weighted by Crippen LogP contribution is -2.28. The quantitative estimate of drug-likeness (QED) is 0.590. The SMILES string of the molecule is CN(C)CCNCS(C)=S. The molecule has 2 nitrogen and oxygen atoms in total. The van der Waals surface area contributed by atoms with Crippen molar-refractivity contribution in [2.75, 3.05) is 39.3 Å². The van der Waals surface area contributed by atoms with Crippen molar-refractivity contribution < 1.29 is 0 Å². The molecule has 0 saturated heterocycles. The van der Waals surface area contributed by atoms with E-state index in [0.717, 1.165) is 19.0 Å². The Labute approximate surface area is 70.6 Å². The van der Waals surface area contributed by atoms with Crippen molar-refractivity contribution in [1.82, 2.24) is 10.2 Å². The molecule has 1 atom stereocenters. The molecule has 0 heterocycles. The first-order valence-corrected chi connectivity index (χ1v) is 6.01. The van der Waals surface area contributed by atoms with Gasteiger partial charge in [-0.2, -0.15) is 0 Å². The maximum atomic E-state index is 5.01. The lowest BCUT2D eigenvalue weighted by Gasteiger charge is -2.09. The van der Waals surface area contributed by atoms with Crippen LogP contribution in [0.25, 0.3) is 0 Å². The van der Waals surface area contributed by atoms with Crippen LogP contribution in [0.1, 0.15) is 0 Å². The van der Waals surface area contributed by atoms with E-state index in [1.165, 1.54) is 0 Å². The third-order valence-electron chi connectivity index (χ3n) is 1.04. The number of likely N-dealkylation sites (N-methyl/N-ethyl adjacent to an activating group) is 1. The number of nitrogens with zero attached hydrogens (tertiary/aromatic N) is 1. The minimum Gasteiger partial charge on any atom is -0.308 e. The number of hydrogen-bond acceptors (Lipinski definition) is 3. The van der Waals surface area contributed by atoms with Gasteiger partial charge in [0.15, 0.2) is 0 Å². The van der Waals surface area contributed by atoms with Crippen LogP contribution in [-0.2, 0) is 20.6 Å². The first-order chi connectivity index (χ1) is 4.63. The fourth-order valence-electron chi connectivity index (χ4n) is 0.519. The Balaban J connectivity index is 2.98. The number of hydrogen-bond donors (Lipinski definition) is 1. The molecule has 0 aliphatic carbocycles. The zero-order valence-corrected chi connectivity index (χ0v) is 8.52. The maximum Gasteiger partial charge on any atom is 0.0462 e. The molecule has 0 radical (unpaired) electrons. The van der Waals surface area contributed by atoms with Gasteiger partial charge < -0.3 is 10.2 Å². The molecule has 0 aromatic rings. The molecule has 62 valence electrons. The number of rotatable bonds is 5. The summed E-state index contributed by atoms with van der Waals surface area (Å²) >= 11 is 5.01. The maximum absolute atomic E-state index is 5.01. The summed E-state index contributed by atoms with van der Waals surface area (Å²) < 4.78 is 0. The topological polar surface area (TPSA) is 15.3 Å². The summed E-state index contributed by atoms with van der Waals surface area (Å²) in [6, 6.07) is 0. The molecule has 0 spiro atoms. The Kier molecular flexibility index (Phi) is 6.52. The standard InChI is InChI=1S/C6H16N2S2/c1-8(2)5-4-7-6-10(3)9/h7H,4-6H2,1-3H3. The fourth-order valence-corrected chi connectivity index (χ4v) is 1.20. The zero-order chi connectivity index (χ0) is 7.98. The molecular weight excluding hydrogens is 164 g/mol. The highest BCUT2D eigenvalue weighted by atomic mass is 32.8. The van der Waals surface area contributed by atoms with Crippen LogP contribution < -0.4 is 5.32 Å². The van der Waals surface area contributed by atoms with Crippen molar-refractivity contribution in [3.05, 3.63) is 0 Å². The summed E-state index contributed by atoms with van der Waals surface area (Å²) in [5.41, 5.74) is 0. The molecule has 0 amide bonds. The highest BCUT2D eigenvalue weighted by molar-refractivity contribution is 8.28. The molecule has 1 unspecified atom stereocenters. The van der Waals surface area contributed by atoms with Gasteiger partial charge in [-0.3, -0.25) is 0 Å². The second-order valence-corrected chi connectivity index (χ2v) is 5.66. The summed E-state index contributed by atoms with van der Waals surface area (Å²) in [5, 5.41) is 3.28. The van der Waals surface area contributed by atoms with Crippen LogP contribution in [0.4, 0.5) is 0 Å². The van der Waals surface area contributed by atoms with E-state index in [9.17, 15) is 0 Å². The zero-order valence-electron chi connectivity index (χ0n) is 6.89. The van der Waals surface area contributed by atoms with Gasteiger partial charge in [-0.05, 0) is 20.4 Å². The van der Waals surface area contributed by atoms with E-state index in [2.05, 4.69) is 30.6 Å². The third-order valence-corrected chi connectivity index (χ3v) is 2.01. The molecule has 0 saturated carbocycles. The highest BCUT2D eigenvalue weighted by Crippen LogP contribution is 1.72. The van der Waals surface area contributed by atoms with Crippen molar-refractivity contribution in [3.8, 4) is 0 Å². The summed E-state index contributed by atoms with van der Waals surface area (Å²) in [4.78, 5) is 2.16. The van der Waals surface area contributed by atoms with E-state index in [1.807, 2.05) is 0 Å². The predicted octanol–water partition coefficient (Wildman–Crippen LogP) is -0.195. The van der Waals surface area contributed by atoms with Crippen LogP contribution >= 0.6 is 0 Å². The average Bonchev–Trinajstić information content (AvgIpc) is 1.79. The van der Waals surface area contributed by atoms with Gasteiger partial charge in [0.25, 0.3) is 0 Å². The van der Waals surface area contributed by atoms with Crippen LogP contribution in [0.5, 0.6) is 0 Å². The van der Waals surface area contributed by atoms with E-state index in [0.29, 0.717) is 0 Å². The lowest BCUT2D eigenvalue weighted by molar-refractivity contribution is 0.406. The summed E-state index contributed by atoms with van der Waals surface area (Å²) in [7, 11) is 4.26. The minimum absolute atomic E-state index is 0.123. The van der Waals surface area contributed by atoms with E-state index in [4.69, 9.17) is 11.2 Å². The molecule has 0 rings (SSSR count). The van der Waals surface area contributed by atoms with Crippen LogP contribution in [-0.4, -0.2) is 44.2 Å². The van der Waals surface area contributed by atoms with Crippen LogP contribution in [0.2, 0.25) is 0 Å². The molecule has 0 aliphatic rings. The summed E-state index contributed by atoms with van der Waals surface area (Å²) in [6.45, 7) is 2.13. The van der Waals surface area contributed by atoms with Gasteiger partial charge in [-0.15, -0.1) is 9.45 Å². The molecule has 10 heavy (non-hydrogen) atoms. The Bertz CT molecular complexity index is 104. The van der Waals surface area contributed by atoms with Gasteiger partial charge in [0.05, 0.1) is 0 Å². The van der Waals surface area contributed by atoms with E-state index >= 15 is 0 Å². The highest BCUT2D eigenvalue weighted by Gasteiger charge is 1.88. The van der Waals surface area contributed by atoms with Crippen LogP contribution in [0, 0.1) is 0 Å². The van der Waals surface area contributed by atoms with Gasteiger partial charge in [-0.25, -0.2) is 0 Å². The first kappa shape index (κ1) is 10.5.